The largest absolute Gasteiger partial charge is 0.285 e. The molecule has 27 heavy (non-hydrogen) atoms. The maximum atomic E-state index is 12.6. The molecule has 0 amide bonds. The predicted octanol–water partition coefficient (Wildman–Crippen LogP) is 3.82. The van der Waals surface area contributed by atoms with Gasteiger partial charge in [-0.1, -0.05) is 35.9 Å². The lowest BCUT2D eigenvalue weighted by Gasteiger charge is -2.16. The molecular weight excluding hydrogens is 364 g/mol. The van der Waals surface area contributed by atoms with Crippen LogP contribution in [0.15, 0.2) is 48.5 Å². The Morgan fingerprint density at radius 2 is 1.56 bits per heavy atom. The molecule has 2 aromatic carbocycles. The molecule has 0 fully saturated rings. The quantitative estimate of drug-likeness (QED) is 0.473. The van der Waals surface area contributed by atoms with E-state index in [9.17, 15) is 9.59 Å². The fourth-order valence-corrected chi connectivity index (χ4v) is 3.41. The molecule has 7 heteroatoms. The van der Waals surface area contributed by atoms with Crippen LogP contribution in [0.3, 0.4) is 0 Å². The lowest BCUT2D eigenvalue weighted by atomic mass is 9.90. The molecule has 2 aromatic heterocycles. The van der Waals surface area contributed by atoms with Crippen LogP contribution < -0.4 is 0 Å². The lowest BCUT2D eigenvalue weighted by Crippen LogP contribution is -2.23. The molecule has 0 saturated carbocycles. The highest BCUT2D eigenvalue weighted by atomic mass is 35.5. The van der Waals surface area contributed by atoms with Crippen LogP contribution in [-0.4, -0.2) is 31.3 Å². The maximum absolute atomic E-state index is 12.6. The van der Waals surface area contributed by atoms with E-state index in [1.54, 1.807) is 48.0 Å². The van der Waals surface area contributed by atoms with Gasteiger partial charge in [-0.15, -0.1) is 0 Å². The van der Waals surface area contributed by atoms with Crippen molar-refractivity contribution in [2.45, 2.75) is 6.92 Å². The third kappa shape index (κ3) is 2.23. The normalized spacial score (nSPS) is 13.0. The topological polar surface area (TPSA) is 77.7 Å². The van der Waals surface area contributed by atoms with Gasteiger partial charge in [0.05, 0.1) is 11.4 Å². The first kappa shape index (κ1) is 15.8. The molecule has 2 heterocycles. The molecule has 0 N–H and O–H groups in total. The highest BCUT2D eigenvalue weighted by Crippen LogP contribution is 2.33. The summed E-state index contributed by atoms with van der Waals surface area (Å²) < 4.78 is 1.66. The zero-order chi connectivity index (χ0) is 18.7. The Morgan fingerprint density at radius 3 is 2.30 bits per heavy atom. The summed E-state index contributed by atoms with van der Waals surface area (Å²) in [5, 5.41) is 5.13. The molecule has 130 valence electrons. The van der Waals surface area contributed by atoms with Gasteiger partial charge in [0, 0.05) is 16.1 Å². The minimum atomic E-state index is -0.642. The van der Waals surface area contributed by atoms with Crippen LogP contribution >= 0.6 is 11.6 Å². The van der Waals surface area contributed by atoms with E-state index in [1.807, 2.05) is 12.1 Å². The van der Waals surface area contributed by atoms with Crippen molar-refractivity contribution in [1.82, 2.24) is 19.7 Å². The second-order valence-corrected chi connectivity index (χ2v) is 6.71. The third-order valence-electron chi connectivity index (χ3n) is 4.59. The van der Waals surface area contributed by atoms with E-state index in [2.05, 4.69) is 10.1 Å². The summed E-state index contributed by atoms with van der Waals surface area (Å²) >= 11 is 5.98. The van der Waals surface area contributed by atoms with Gasteiger partial charge in [0.15, 0.2) is 5.65 Å². The summed E-state index contributed by atoms with van der Waals surface area (Å²) in [6.07, 6.45) is 0. The number of carbonyl (C=O) groups excluding carboxylic acids is 2. The number of benzene rings is 2. The van der Waals surface area contributed by atoms with E-state index in [0.717, 1.165) is 5.69 Å². The van der Waals surface area contributed by atoms with E-state index < -0.39 is 11.6 Å². The van der Waals surface area contributed by atoms with Crippen LogP contribution in [0.1, 0.15) is 26.5 Å². The molecule has 1 aliphatic rings. The van der Waals surface area contributed by atoms with Crippen molar-refractivity contribution in [3.05, 3.63) is 70.5 Å². The number of carbonyl (C=O) groups is 2. The second-order valence-electron chi connectivity index (χ2n) is 6.27. The Morgan fingerprint density at radius 1 is 0.852 bits per heavy atom. The first-order chi connectivity index (χ1) is 13.0. The van der Waals surface area contributed by atoms with Crippen LogP contribution in [-0.2, 0) is 0 Å². The monoisotopic (exact) mass is 374 g/mol. The number of aryl methyl sites for hydroxylation is 1. The smallest absolute Gasteiger partial charge is 0.254 e. The second kappa shape index (κ2) is 5.56. The highest BCUT2D eigenvalue weighted by Gasteiger charge is 2.33. The Labute approximate surface area is 158 Å². The minimum Gasteiger partial charge on any atom is -0.285 e. The summed E-state index contributed by atoms with van der Waals surface area (Å²) in [6.45, 7) is 1.79. The molecule has 5 rings (SSSR count). The average Bonchev–Trinajstić information content (AvgIpc) is 3.01. The number of hydrogen-bond acceptors (Lipinski definition) is 5. The van der Waals surface area contributed by atoms with Gasteiger partial charge in [-0.05, 0) is 31.2 Å². The van der Waals surface area contributed by atoms with Crippen LogP contribution in [0.4, 0.5) is 0 Å². The van der Waals surface area contributed by atoms with Crippen molar-refractivity contribution < 1.29 is 9.59 Å². The van der Waals surface area contributed by atoms with Crippen LogP contribution in [0.5, 0.6) is 0 Å². The van der Waals surface area contributed by atoms with Gasteiger partial charge >= 0.3 is 0 Å². The molecule has 4 aromatic rings. The van der Waals surface area contributed by atoms with E-state index >= 15 is 0 Å². The van der Waals surface area contributed by atoms with Gasteiger partial charge in [0.25, 0.3) is 5.78 Å². The number of fused-ring (bicyclic) bond motifs is 4. The van der Waals surface area contributed by atoms with Gasteiger partial charge in [0.2, 0.25) is 5.78 Å². The zero-order valence-corrected chi connectivity index (χ0v) is 14.9. The van der Waals surface area contributed by atoms with Gasteiger partial charge < -0.3 is 0 Å². The maximum Gasteiger partial charge on any atom is 0.254 e. The van der Waals surface area contributed by atoms with Crippen LogP contribution in [0.2, 0.25) is 5.02 Å². The van der Waals surface area contributed by atoms with Gasteiger partial charge in [-0.2, -0.15) is 5.10 Å². The fourth-order valence-electron chi connectivity index (χ4n) is 3.29. The zero-order valence-electron chi connectivity index (χ0n) is 14.1. The number of hydrogen-bond donors (Lipinski definition) is 0. The molecule has 0 atom stereocenters. The number of aromatic nitrogens is 4. The number of halogens is 1. The predicted molar refractivity (Wildman–Crippen MR) is 101 cm³/mol. The molecule has 6 nitrogen and oxygen atoms in total. The van der Waals surface area contributed by atoms with Crippen molar-refractivity contribution in [2.24, 2.45) is 0 Å². The number of nitrogens with zero attached hydrogens (tertiary/aromatic N) is 4. The Bertz CT molecular complexity index is 1280. The Balaban J connectivity index is 1.84. The van der Waals surface area contributed by atoms with Crippen molar-refractivity contribution >= 4 is 34.3 Å². The number of rotatable bonds is 1. The van der Waals surface area contributed by atoms with Crippen molar-refractivity contribution in [3.8, 4) is 16.9 Å². The molecule has 0 aliphatic heterocycles. The molecule has 0 saturated heterocycles. The molecule has 0 radical (unpaired) electrons. The summed E-state index contributed by atoms with van der Waals surface area (Å²) in [6, 6.07) is 14.1. The van der Waals surface area contributed by atoms with Gasteiger partial charge in [-0.25, -0.2) is 14.6 Å². The average molecular weight is 375 g/mol. The standard InChI is InChI=1S/C20H11ClN4O2/c1-10-15-20(25(24-10)12-8-6-11(21)7-9-12)23-16-13-4-2-3-5-14(13)18(26)19(27)17(16)22-15/h2-9H,1H3. The number of Topliss-reactive ketones (excluding diaryl/α,β-unsaturated/α-hetero) is 2. The minimum absolute atomic E-state index is 0.0740. The highest BCUT2D eigenvalue weighted by molar-refractivity contribution is 6.52. The molecular formula is C20H11ClN4O2. The van der Waals surface area contributed by atoms with E-state index in [4.69, 9.17) is 16.6 Å². The van der Waals surface area contributed by atoms with Crippen molar-refractivity contribution in [3.63, 3.8) is 0 Å². The third-order valence-corrected chi connectivity index (χ3v) is 4.84. The lowest BCUT2D eigenvalue weighted by molar-refractivity contribution is 0.0812. The number of ketones is 2. The fraction of sp³-hybridized carbons (Fsp3) is 0.0500. The first-order valence-corrected chi connectivity index (χ1v) is 8.64. The molecule has 1 aliphatic carbocycles. The molecule has 0 spiro atoms. The van der Waals surface area contributed by atoms with Crippen molar-refractivity contribution in [2.75, 3.05) is 0 Å². The van der Waals surface area contributed by atoms with Crippen LogP contribution in [0, 0.1) is 6.92 Å². The van der Waals surface area contributed by atoms with Crippen LogP contribution in [0.25, 0.3) is 28.1 Å². The molecule has 0 unspecified atom stereocenters. The summed E-state index contributed by atoms with van der Waals surface area (Å²) in [5.74, 6) is -1.20. The van der Waals surface area contributed by atoms with E-state index in [1.165, 1.54) is 0 Å². The Kier molecular flexibility index (Phi) is 3.26. The van der Waals surface area contributed by atoms with Gasteiger partial charge in [0.1, 0.15) is 16.9 Å². The SMILES string of the molecule is Cc1nn(-c2ccc(Cl)cc2)c2nc3c(nc12)C(=O)C(=O)c1ccccc1-3. The summed E-state index contributed by atoms with van der Waals surface area (Å²) in [5.41, 5.74) is 3.83. The Hall–Kier alpha value is -3.38. The van der Waals surface area contributed by atoms with Crippen molar-refractivity contribution in [1.29, 1.82) is 0 Å². The first-order valence-electron chi connectivity index (χ1n) is 8.26. The van der Waals surface area contributed by atoms with E-state index in [-0.39, 0.29) is 5.69 Å². The molecule has 0 bridgehead atoms. The summed E-state index contributed by atoms with van der Waals surface area (Å²) in [4.78, 5) is 34.1. The summed E-state index contributed by atoms with van der Waals surface area (Å²) in [7, 11) is 0. The van der Waals surface area contributed by atoms with Gasteiger partial charge in [-0.3, -0.25) is 9.59 Å². The van der Waals surface area contributed by atoms with E-state index in [0.29, 0.717) is 38.7 Å².